The summed E-state index contributed by atoms with van der Waals surface area (Å²) in [4.78, 5) is 7.62. The Morgan fingerprint density at radius 1 is 0.957 bits per heavy atom. The molecule has 4 nitrogen and oxygen atoms in total. The lowest BCUT2D eigenvalue weighted by atomic mass is 9.49. The number of hydrogen-bond acceptors (Lipinski definition) is 4. The lowest BCUT2D eigenvalue weighted by Crippen LogP contribution is -2.49. The summed E-state index contributed by atoms with van der Waals surface area (Å²) in [5.74, 6) is 6.17. The number of aromatic nitrogens is 2. The Balaban J connectivity index is 1.31. The molecule has 0 spiro atoms. The van der Waals surface area contributed by atoms with E-state index in [2.05, 4.69) is 10.1 Å². The van der Waals surface area contributed by atoms with Gasteiger partial charge in [-0.1, -0.05) is 5.16 Å². The molecule has 1 aromatic heterocycles. The van der Waals surface area contributed by atoms with E-state index in [-0.39, 0.29) is 5.41 Å². The molecule has 7 aliphatic rings. The molecular weight excluding hydrogens is 286 g/mol. The van der Waals surface area contributed by atoms with E-state index in [1.54, 1.807) is 0 Å². The first-order valence-corrected chi connectivity index (χ1v) is 9.84. The smallest absolute Gasteiger partial charge is 0.231 e. The van der Waals surface area contributed by atoms with E-state index >= 15 is 0 Å². The van der Waals surface area contributed by atoms with Crippen LogP contribution in [0.15, 0.2) is 4.52 Å². The van der Waals surface area contributed by atoms with Gasteiger partial charge in [-0.2, -0.15) is 4.98 Å². The second-order valence-electron chi connectivity index (χ2n) is 9.40. The number of piperidine rings is 3. The molecular formula is C19H27N3O. The summed E-state index contributed by atoms with van der Waals surface area (Å²) in [6, 6.07) is 0. The number of rotatable bonds is 2. The van der Waals surface area contributed by atoms with Gasteiger partial charge in [-0.05, 0) is 88.1 Å². The molecule has 4 heterocycles. The topological polar surface area (TPSA) is 42.2 Å². The van der Waals surface area contributed by atoms with Gasteiger partial charge in [-0.15, -0.1) is 0 Å². The molecule has 0 radical (unpaired) electrons. The molecule has 0 aromatic carbocycles. The first-order chi connectivity index (χ1) is 11.3. The Bertz CT molecular complexity index is 581. The summed E-state index contributed by atoms with van der Waals surface area (Å²) in [5.41, 5.74) is 0.282. The molecule has 1 unspecified atom stereocenters. The van der Waals surface area contributed by atoms with Gasteiger partial charge in [0.25, 0.3) is 0 Å². The predicted molar refractivity (Wildman–Crippen MR) is 86.1 cm³/mol. The Morgan fingerprint density at radius 3 is 2.17 bits per heavy atom. The zero-order chi connectivity index (χ0) is 15.0. The minimum absolute atomic E-state index is 0.282. The summed E-state index contributed by atoms with van der Waals surface area (Å²) in [5, 5.41) is 4.56. The van der Waals surface area contributed by atoms with E-state index in [0.29, 0.717) is 5.92 Å². The third kappa shape index (κ3) is 1.93. The van der Waals surface area contributed by atoms with Crippen molar-refractivity contribution in [3.8, 4) is 0 Å². The third-order valence-corrected chi connectivity index (χ3v) is 7.93. The zero-order valence-corrected chi connectivity index (χ0v) is 13.9. The summed E-state index contributed by atoms with van der Waals surface area (Å²) in [6.07, 6.45) is 11.1. The Labute approximate surface area is 138 Å². The van der Waals surface area contributed by atoms with Gasteiger partial charge in [0, 0.05) is 12.0 Å². The molecule has 8 rings (SSSR count). The Hall–Kier alpha value is -0.900. The second-order valence-corrected chi connectivity index (χ2v) is 9.40. The average Bonchev–Trinajstić information content (AvgIpc) is 3.05. The van der Waals surface area contributed by atoms with E-state index < -0.39 is 0 Å². The minimum Gasteiger partial charge on any atom is -0.339 e. The van der Waals surface area contributed by atoms with E-state index in [9.17, 15) is 0 Å². The van der Waals surface area contributed by atoms with Crippen molar-refractivity contribution in [1.29, 1.82) is 0 Å². The SMILES string of the molecule is C1C2CC3CC1CC(c1noc(C4CN5CCC4CC5)n1)(C2)C3. The first-order valence-electron chi connectivity index (χ1n) is 9.84. The molecule has 3 aliphatic heterocycles. The molecule has 23 heavy (non-hydrogen) atoms. The van der Waals surface area contributed by atoms with Crippen LogP contribution in [0.2, 0.25) is 0 Å². The van der Waals surface area contributed by atoms with Gasteiger partial charge in [-0.25, -0.2) is 0 Å². The molecule has 124 valence electrons. The number of hydrogen-bond donors (Lipinski definition) is 0. The maximum atomic E-state index is 5.86. The molecule has 4 heteroatoms. The van der Waals surface area contributed by atoms with Crippen molar-refractivity contribution < 1.29 is 4.52 Å². The standard InChI is InChI=1S/C19H27N3O/c1-3-22-4-2-15(1)16(11-22)17-20-18(21-23-17)19-8-12-5-13(9-19)7-14(6-12)10-19/h12-16H,1-11H2. The molecule has 6 bridgehead atoms. The largest absolute Gasteiger partial charge is 0.339 e. The monoisotopic (exact) mass is 313 g/mol. The van der Waals surface area contributed by atoms with Crippen LogP contribution in [-0.2, 0) is 5.41 Å². The Morgan fingerprint density at radius 2 is 1.61 bits per heavy atom. The summed E-state index contributed by atoms with van der Waals surface area (Å²) >= 11 is 0. The van der Waals surface area contributed by atoms with Crippen LogP contribution in [0.5, 0.6) is 0 Å². The predicted octanol–water partition coefficient (Wildman–Crippen LogP) is 3.35. The fourth-order valence-electron chi connectivity index (χ4n) is 7.23. The van der Waals surface area contributed by atoms with Crippen LogP contribution in [0.25, 0.3) is 0 Å². The number of fused-ring (bicyclic) bond motifs is 3. The van der Waals surface area contributed by atoms with Crippen molar-refractivity contribution in [2.75, 3.05) is 19.6 Å². The van der Waals surface area contributed by atoms with Gasteiger partial charge in [0.15, 0.2) is 5.82 Å². The van der Waals surface area contributed by atoms with Gasteiger partial charge in [0.2, 0.25) is 5.89 Å². The van der Waals surface area contributed by atoms with Crippen LogP contribution in [0.4, 0.5) is 0 Å². The summed E-state index contributed by atoms with van der Waals surface area (Å²) in [7, 11) is 0. The number of nitrogens with zero attached hydrogens (tertiary/aromatic N) is 3. The van der Waals surface area contributed by atoms with Gasteiger partial charge >= 0.3 is 0 Å². The van der Waals surface area contributed by atoms with Crippen LogP contribution < -0.4 is 0 Å². The average molecular weight is 313 g/mol. The van der Waals surface area contributed by atoms with Gasteiger partial charge in [0.1, 0.15) is 0 Å². The maximum absolute atomic E-state index is 5.86. The molecule has 3 saturated heterocycles. The van der Waals surface area contributed by atoms with Gasteiger partial charge in [-0.3, -0.25) is 0 Å². The molecule has 1 atom stereocenters. The molecule has 4 saturated carbocycles. The van der Waals surface area contributed by atoms with Crippen LogP contribution in [0.1, 0.15) is 69.0 Å². The second kappa shape index (κ2) is 4.59. The van der Waals surface area contributed by atoms with Crippen molar-refractivity contribution in [1.82, 2.24) is 15.0 Å². The van der Waals surface area contributed by atoms with E-state index in [0.717, 1.165) is 41.9 Å². The molecule has 1 aromatic rings. The first kappa shape index (κ1) is 13.4. The zero-order valence-electron chi connectivity index (χ0n) is 13.9. The Kier molecular flexibility index (Phi) is 2.67. The summed E-state index contributed by atoms with van der Waals surface area (Å²) < 4.78 is 5.86. The molecule has 0 N–H and O–H groups in total. The highest BCUT2D eigenvalue weighted by Crippen LogP contribution is 2.60. The molecule has 4 aliphatic carbocycles. The normalized spacial score (nSPS) is 50.6. The van der Waals surface area contributed by atoms with Crippen molar-refractivity contribution in [2.24, 2.45) is 23.7 Å². The highest BCUT2D eigenvalue weighted by molar-refractivity contribution is 5.17. The molecule has 7 fully saturated rings. The third-order valence-electron chi connectivity index (χ3n) is 7.93. The fraction of sp³-hybridized carbons (Fsp3) is 0.895. The van der Waals surface area contributed by atoms with Crippen molar-refractivity contribution in [3.05, 3.63) is 11.7 Å². The van der Waals surface area contributed by atoms with Crippen LogP contribution in [0, 0.1) is 23.7 Å². The van der Waals surface area contributed by atoms with E-state index in [1.807, 2.05) is 0 Å². The quantitative estimate of drug-likeness (QED) is 0.840. The van der Waals surface area contributed by atoms with Crippen LogP contribution in [0.3, 0.4) is 0 Å². The lowest BCUT2D eigenvalue weighted by molar-refractivity contribution is -0.0103. The van der Waals surface area contributed by atoms with Gasteiger partial charge < -0.3 is 9.42 Å². The van der Waals surface area contributed by atoms with Crippen molar-refractivity contribution >= 4 is 0 Å². The highest BCUT2D eigenvalue weighted by Gasteiger charge is 2.54. The van der Waals surface area contributed by atoms with E-state index in [1.165, 1.54) is 64.5 Å². The fourth-order valence-corrected chi connectivity index (χ4v) is 7.23. The van der Waals surface area contributed by atoms with Crippen molar-refractivity contribution in [3.63, 3.8) is 0 Å². The van der Waals surface area contributed by atoms with E-state index in [4.69, 9.17) is 9.51 Å². The maximum Gasteiger partial charge on any atom is 0.231 e. The lowest BCUT2D eigenvalue weighted by Gasteiger charge is -2.55. The van der Waals surface area contributed by atoms with Crippen LogP contribution in [-0.4, -0.2) is 34.7 Å². The highest BCUT2D eigenvalue weighted by atomic mass is 16.5. The van der Waals surface area contributed by atoms with Crippen molar-refractivity contribution in [2.45, 2.75) is 62.7 Å². The van der Waals surface area contributed by atoms with Gasteiger partial charge in [0.05, 0.1) is 5.92 Å². The molecule has 0 amide bonds. The summed E-state index contributed by atoms with van der Waals surface area (Å²) in [6.45, 7) is 3.70. The van der Waals surface area contributed by atoms with Crippen LogP contribution >= 0.6 is 0 Å². The minimum atomic E-state index is 0.282.